The summed E-state index contributed by atoms with van der Waals surface area (Å²) in [5.74, 6) is 0. The molecule has 1 aliphatic heterocycles. The van der Waals surface area contributed by atoms with E-state index in [0.717, 1.165) is 25.7 Å². The molecule has 0 spiro atoms. The molecule has 2 aliphatic rings. The van der Waals surface area contributed by atoms with Gasteiger partial charge in [-0.05, 0) is 33.1 Å². The Morgan fingerprint density at radius 3 is 2.76 bits per heavy atom. The molecule has 1 heterocycles. The van der Waals surface area contributed by atoms with Crippen molar-refractivity contribution in [1.82, 2.24) is 10.2 Å². The number of nitrogens with zero attached hydrogens (tertiary/aromatic N) is 1. The molecule has 2 rings (SSSR count). The monoisotopic (exact) mass is 240 g/mol. The lowest BCUT2D eigenvalue weighted by Gasteiger charge is -2.42. The molecule has 2 fully saturated rings. The third-order valence-corrected chi connectivity index (χ3v) is 3.97. The average Bonchev–Trinajstić information content (AvgIpc) is 3.12. The van der Waals surface area contributed by atoms with Crippen molar-refractivity contribution in [3.8, 4) is 0 Å². The van der Waals surface area contributed by atoms with Crippen molar-refractivity contribution in [3.05, 3.63) is 0 Å². The summed E-state index contributed by atoms with van der Waals surface area (Å²) in [4.78, 5) is 2.66. The molecule has 1 aliphatic carbocycles. The van der Waals surface area contributed by atoms with Crippen LogP contribution in [-0.2, 0) is 4.74 Å². The minimum Gasteiger partial charge on any atom is -0.376 e. The van der Waals surface area contributed by atoms with Gasteiger partial charge >= 0.3 is 0 Å². The third kappa shape index (κ3) is 3.94. The Morgan fingerprint density at radius 1 is 1.35 bits per heavy atom. The van der Waals surface area contributed by atoms with Gasteiger partial charge in [0.1, 0.15) is 0 Å². The summed E-state index contributed by atoms with van der Waals surface area (Å²) in [6, 6.07) is 2.09. The fourth-order valence-electron chi connectivity index (χ4n) is 2.75. The van der Waals surface area contributed by atoms with Crippen LogP contribution in [0.4, 0.5) is 0 Å². The van der Waals surface area contributed by atoms with E-state index in [4.69, 9.17) is 4.74 Å². The second-order valence-corrected chi connectivity index (χ2v) is 5.81. The Bertz CT molecular complexity index is 230. The van der Waals surface area contributed by atoms with E-state index >= 15 is 0 Å². The first kappa shape index (κ1) is 13.3. The van der Waals surface area contributed by atoms with Gasteiger partial charge in [0, 0.05) is 31.2 Å². The topological polar surface area (TPSA) is 24.5 Å². The molecule has 3 nitrogen and oxygen atoms in total. The van der Waals surface area contributed by atoms with Crippen LogP contribution in [0, 0.1) is 0 Å². The van der Waals surface area contributed by atoms with Crippen LogP contribution in [0.1, 0.15) is 46.5 Å². The normalized spacial score (nSPS) is 32.6. The van der Waals surface area contributed by atoms with Gasteiger partial charge in [0.05, 0.1) is 12.7 Å². The molecule has 0 aromatic carbocycles. The zero-order valence-corrected chi connectivity index (χ0v) is 11.6. The summed E-state index contributed by atoms with van der Waals surface area (Å²) in [6.07, 6.45) is 5.74. The minimum atomic E-state index is 0.395. The Kier molecular flexibility index (Phi) is 4.83. The standard InChI is InChI=1S/C14H28N2O/c1-4-5-14(8-15-13-6-7-13)16-9-12(3)17-10-11(16)2/h11-15H,4-10H2,1-3H3. The predicted octanol–water partition coefficient (Wildman–Crippen LogP) is 2.02. The van der Waals surface area contributed by atoms with Crippen LogP contribution < -0.4 is 5.32 Å². The number of hydrogen-bond donors (Lipinski definition) is 1. The van der Waals surface area contributed by atoms with E-state index in [9.17, 15) is 0 Å². The van der Waals surface area contributed by atoms with Crippen molar-refractivity contribution < 1.29 is 4.74 Å². The number of hydrogen-bond acceptors (Lipinski definition) is 3. The van der Waals surface area contributed by atoms with E-state index in [1.807, 2.05) is 0 Å². The summed E-state index contributed by atoms with van der Waals surface area (Å²) >= 11 is 0. The summed E-state index contributed by atoms with van der Waals surface area (Å²) in [5, 5.41) is 3.69. The summed E-state index contributed by atoms with van der Waals surface area (Å²) in [6.45, 7) is 9.93. The van der Waals surface area contributed by atoms with Crippen molar-refractivity contribution in [2.75, 3.05) is 19.7 Å². The van der Waals surface area contributed by atoms with Crippen molar-refractivity contribution in [2.24, 2.45) is 0 Å². The SMILES string of the molecule is CCCC(CNC1CC1)N1CC(C)OCC1C. The lowest BCUT2D eigenvalue weighted by Crippen LogP contribution is -2.54. The fraction of sp³-hybridized carbons (Fsp3) is 1.00. The first-order chi connectivity index (χ1) is 8.20. The minimum absolute atomic E-state index is 0.395. The largest absolute Gasteiger partial charge is 0.376 e. The van der Waals surface area contributed by atoms with Gasteiger partial charge in [-0.2, -0.15) is 0 Å². The molecule has 1 saturated heterocycles. The number of ether oxygens (including phenoxy) is 1. The Morgan fingerprint density at radius 2 is 2.12 bits per heavy atom. The lowest BCUT2D eigenvalue weighted by atomic mass is 10.1. The molecule has 17 heavy (non-hydrogen) atoms. The van der Waals surface area contributed by atoms with Gasteiger partial charge in [0.2, 0.25) is 0 Å². The van der Waals surface area contributed by atoms with E-state index in [1.165, 1.54) is 25.7 Å². The molecule has 0 bridgehead atoms. The van der Waals surface area contributed by atoms with Gasteiger partial charge in [0.25, 0.3) is 0 Å². The molecule has 0 amide bonds. The average molecular weight is 240 g/mol. The summed E-state index contributed by atoms with van der Waals surface area (Å²) in [5.41, 5.74) is 0. The zero-order chi connectivity index (χ0) is 12.3. The van der Waals surface area contributed by atoms with E-state index < -0.39 is 0 Å². The lowest BCUT2D eigenvalue weighted by molar-refractivity contribution is -0.0669. The van der Waals surface area contributed by atoms with E-state index in [0.29, 0.717) is 18.2 Å². The maximum Gasteiger partial charge on any atom is 0.0674 e. The first-order valence-electron chi connectivity index (χ1n) is 7.31. The van der Waals surface area contributed by atoms with Crippen LogP contribution in [0.25, 0.3) is 0 Å². The molecule has 100 valence electrons. The molecule has 3 heteroatoms. The highest BCUT2D eigenvalue weighted by molar-refractivity contribution is 4.87. The maximum atomic E-state index is 5.72. The fourth-order valence-corrected chi connectivity index (χ4v) is 2.75. The van der Waals surface area contributed by atoms with Crippen LogP contribution in [-0.4, -0.2) is 48.8 Å². The molecule has 1 saturated carbocycles. The molecule has 3 atom stereocenters. The van der Waals surface area contributed by atoms with E-state index in [-0.39, 0.29) is 0 Å². The maximum absolute atomic E-state index is 5.72. The predicted molar refractivity (Wildman–Crippen MR) is 71.3 cm³/mol. The van der Waals surface area contributed by atoms with Crippen LogP contribution in [0.2, 0.25) is 0 Å². The highest BCUT2D eigenvalue weighted by atomic mass is 16.5. The van der Waals surface area contributed by atoms with Crippen molar-refractivity contribution in [2.45, 2.75) is 70.7 Å². The number of morpholine rings is 1. The second-order valence-electron chi connectivity index (χ2n) is 5.81. The Labute approximate surface area is 106 Å². The van der Waals surface area contributed by atoms with E-state index in [2.05, 4.69) is 31.0 Å². The highest BCUT2D eigenvalue weighted by Gasteiger charge is 2.30. The van der Waals surface area contributed by atoms with Gasteiger partial charge < -0.3 is 10.1 Å². The smallest absolute Gasteiger partial charge is 0.0674 e. The molecular weight excluding hydrogens is 212 g/mol. The second kappa shape index (κ2) is 6.17. The number of rotatable bonds is 6. The van der Waals surface area contributed by atoms with Crippen LogP contribution >= 0.6 is 0 Å². The molecule has 3 unspecified atom stereocenters. The van der Waals surface area contributed by atoms with Crippen molar-refractivity contribution >= 4 is 0 Å². The van der Waals surface area contributed by atoms with Gasteiger partial charge in [-0.25, -0.2) is 0 Å². The summed E-state index contributed by atoms with van der Waals surface area (Å²) in [7, 11) is 0. The van der Waals surface area contributed by atoms with Crippen molar-refractivity contribution in [1.29, 1.82) is 0 Å². The highest BCUT2D eigenvalue weighted by Crippen LogP contribution is 2.21. The molecule has 1 N–H and O–H groups in total. The molecule has 0 radical (unpaired) electrons. The Hall–Kier alpha value is -0.120. The molecule has 0 aromatic heterocycles. The zero-order valence-electron chi connectivity index (χ0n) is 11.6. The number of nitrogens with one attached hydrogen (secondary N) is 1. The summed E-state index contributed by atoms with van der Waals surface area (Å²) < 4.78 is 5.72. The van der Waals surface area contributed by atoms with Gasteiger partial charge in [-0.3, -0.25) is 4.90 Å². The van der Waals surface area contributed by atoms with Crippen LogP contribution in [0.5, 0.6) is 0 Å². The van der Waals surface area contributed by atoms with Crippen LogP contribution in [0.3, 0.4) is 0 Å². The van der Waals surface area contributed by atoms with Gasteiger partial charge in [-0.15, -0.1) is 0 Å². The Balaban J connectivity index is 1.86. The third-order valence-electron chi connectivity index (χ3n) is 3.97. The first-order valence-corrected chi connectivity index (χ1v) is 7.31. The van der Waals surface area contributed by atoms with Gasteiger partial charge in [0.15, 0.2) is 0 Å². The molecular formula is C14H28N2O. The van der Waals surface area contributed by atoms with Crippen LogP contribution in [0.15, 0.2) is 0 Å². The molecule has 0 aromatic rings. The van der Waals surface area contributed by atoms with Crippen molar-refractivity contribution in [3.63, 3.8) is 0 Å². The van der Waals surface area contributed by atoms with E-state index in [1.54, 1.807) is 0 Å². The van der Waals surface area contributed by atoms with Gasteiger partial charge in [-0.1, -0.05) is 13.3 Å². The quantitative estimate of drug-likeness (QED) is 0.769.